The number of rotatable bonds is 4. The Kier molecular flexibility index (Phi) is 5.78. The van der Waals surface area contributed by atoms with E-state index in [2.05, 4.69) is 48.5 Å². The average Bonchev–Trinajstić information content (AvgIpc) is 3.30. The molecule has 0 saturated carbocycles. The van der Waals surface area contributed by atoms with Gasteiger partial charge in [-0.1, -0.05) is 91.0 Å². The van der Waals surface area contributed by atoms with Gasteiger partial charge in [0.2, 0.25) is 0 Å². The van der Waals surface area contributed by atoms with Gasteiger partial charge in [0.1, 0.15) is 10.6 Å². The van der Waals surface area contributed by atoms with Crippen molar-refractivity contribution in [1.82, 2.24) is 0 Å². The molecule has 170 valence electrons. The van der Waals surface area contributed by atoms with Crippen LogP contribution in [-0.2, 0) is 15.1 Å². The molecule has 0 unspecified atom stereocenters. The summed E-state index contributed by atoms with van der Waals surface area (Å²) in [6.45, 7) is 5.70. The zero-order valence-electron chi connectivity index (χ0n) is 19.6. The molecule has 0 aromatic heterocycles. The van der Waals surface area contributed by atoms with Crippen molar-refractivity contribution in [3.8, 4) is 11.1 Å². The van der Waals surface area contributed by atoms with Crippen LogP contribution in [-0.4, -0.2) is 22.4 Å². The fourth-order valence-corrected chi connectivity index (χ4v) is 5.52. The molecule has 0 radical (unpaired) electrons. The second-order valence-corrected chi connectivity index (χ2v) is 10.5. The van der Waals surface area contributed by atoms with E-state index in [4.69, 9.17) is 9.73 Å². The average molecular weight is 466 g/mol. The van der Waals surface area contributed by atoms with Crippen LogP contribution >= 0.6 is 11.8 Å². The molecular formula is C30H27NO2S. The summed E-state index contributed by atoms with van der Waals surface area (Å²) in [5.74, 6) is 0.189. The number of carbonyl (C=O) groups excluding carboxylic acids is 1. The normalized spacial score (nSPS) is 18.0. The van der Waals surface area contributed by atoms with E-state index in [0.717, 1.165) is 38.1 Å². The van der Waals surface area contributed by atoms with Gasteiger partial charge >= 0.3 is 5.97 Å². The number of fused-ring (bicyclic) bond motifs is 1. The SMILES string of the molecule is CC(C)(C)OC(=O)[C@@]1(c2ccc3ccccc3c2)CSC(c2ccccc2-c2ccccc2)=N1. The first kappa shape index (κ1) is 22.4. The van der Waals surface area contributed by atoms with Crippen LogP contribution in [0.3, 0.4) is 0 Å². The highest BCUT2D eigenvalue weighted by molar-refractivity contribution is 8.14. The summed E-state index contributed by atoms with van der Waals surface area (Å²) in [4.78, 5) is 18.9. The Bertz CT molecular complexity index is 1390. The lowest BCUT2D eigenvalue weighted by atomic mass is 9.90. The van der Waals surface area contributed by atoms with Gasteiger partial charge < -0.3 is 4.74 Å². The van der Waals surface area contributed by atoms with Gasteiger partial charge in [-0.3, -0.25) is 4.99 Å². The molecule has 1 heterocycles. The van der Waals surface area contributed by atoms with Crippen molar-refractivity contribution in [2.75, 3.05) is 5.75 Å². The molecule has 0 aliphatic carbocycles. The second-order valence-electron chi connectivity index (χ2n) is 9.54. The van der Waals surface area contributed by atoms with E-state index in [0.29, 0.717) is 5.75 Å². The number of hydrogen-bond acceptors (Lipinski definition) is 4. The first-order valence-corrected chi connectivity index (χ1v) is 12.4. The quantitative estimate of drug-likeness (QED) is 0.298. The van der Waals surface area contributed by atoms with E-state index in [1.807, 2.05) is 69.3 Å². The third-order valence-corrected chi connectivity index (χ3v) is 7.06. The van der Waals surface area contributed by atoms with Crippen molar-refractivity contribution in [2.24, 2.45) is 4.99 Å². The summed E-state index contributed by atoms with van der Waals surface area (Å²) in [6, 6.07) is 32.9. The van der Waals surface area contributed by atoms with E-state index in [9.17, 15) is 4.79 Å². The molecule has 5 rings (SSSR count). The Labute approximate surface area is 204 Å². The van der Waals surface area contributed by atoms with Gasteiger partial charge in [0.15, 0.2) is 5.54 Å². The lowest BCUT2D eigenvalue weighted by molar-refractivity contribution is -0.160. The Morgan fingerprint density at radius 3 is 2.21 bits per heavy atom. The van der Waals surface area contributed by atoms with Crippen LogP contribution in [0.5, 0.6) is 0 Å². The molecule has 1 atom stereocenters. The first-order chi connectivity index (χ1) is 16.4. The number of aliphatic imine (C=N–C) groups is 1. The van der Waals surface area contributed by atoms with Crippen LogP contribution in [0.1, 0.15) is 31.9 Å². The second kappa shape index (κ2) is 8.77. The Morgan fingerprint density at radius 2 is 1.47 bits per heavy atom. The van der Waals surface area contributed by atoms with Crippen molar-refractivity contribution >= 4 is 33.5 Å². The van der Waals surface area contributed by atoms with E-state index in [-0.39, 0.29) is 5.97 Å². The number of thioether (sulfide) groups is 1. The van der Waals surface area contributed by atoms with Gasteiger partial charge in [-0.25, -0.2) is 4.79 Å². The summed E-state index contributed by atoms with van der Waals surface area (Å²) < 4.78 is 5.93. The maximum Gasteiger partial charge on any atom is 0.340 e. The van der Waals surface area contributed by atoms with Gasteiger partial charge in [0.05, 0.1) is 0 Å². The maximum atomic E-state index is 13.7. The highest BCUT2D eigenvalue weighted by atomic mass is 32.2. The molecule has 0 amide bonds. The molecule has 0 bridgehead atoms. The van der Waals surface area contributed by atoms with Gasteiger partial charge in [0, 0.05) is 11.3 Å². The minimum absolute atomic E-state index is 0.310. The van der Waals surface area contributed by atoms with Crippen LogP contribution in [0.15, 0.2) is 102 Å². The summed E-state index contributed by atoms with van der Waals surface area (Å²) in [5, 5.41) is 3.08. The van der Waals surface area contributed by atoms with E-state index in [1.54, 1.807) is 11.8 Å². The topological polar surface area (TPSA) is 38.7 Å². The highest BCUT2D eigenvalue weighted by Gasteiger charge is 2.47. The van der Waals surface area contributed by atoms with Gasteiger partial charge in [-0.15, -0.1) is 11.8 Å². The van der Waals surface area contributed by atoms with Gasteiger partial charge in [0.25, 0.3) is 0 Å². The molecule has 0 saturated heterocycles. The van der Waals surface area contributed by atoms with Crippen LogP contribution in [0.2, 0.25) is 0 Å². The van der Waals surface area contributed by atoms with Crippen LogP contribution in [0.25, 0.3) is 21.9 Å². The summed E-state index contributed by atoms with van der Waals surface area (Å²) in [6.07, 6.45) is 0. The van der Waals surface area contributed by atoms with Crippen LogP contribution < -0.4 is 0 Å². The van der Waals surface area contributed by atoms with Crippen molar-refractivity contribution < 1.29 is 9.53 Å². The Balaban J connectivity index is 1.66. The molecule has 4 heteroatoms. The van der Waals surface area contributed by atoms with Gasteiger partial charge in [-0.2, -0.15) is 0 Å². The predicted molar refractivity (Wildman–Crippen MR) is 142 cm³/mol. The fraction of sp³-hybridized carbons (Fsp3) is 0.200. The summed E-state index contributed by atoms with van der Waals surface area (Å²) in [5.41, 5.74) is 2.42. The lowest BCUT2D eigenvalue weighted by Crippen LogP contribution is -2.40. The third-order valence-electron chi connectivity index (χ3n) is 5.92. The molecule has 1 aliphatic heterocycles. The highest BCUT2D eigenvalue weighted by Crippen LogP contribution is 2.43. The summed E-state index contributed by atoms with van der Waals surface area (Å²) in [7, 11) is 0. The first-order valence-electron chi connectivity index (χ1n) is 11.5. The van der Waals surface area contributed by atoms with E-state index < -0.39 is 11.1 Å². The molecule has 4 aromatic carbocycles. The smallest absolute Gasteiger partial charge is 0.340 e. The van der Waals surface area contributed by atoms with Gasteiger partial charge in [-0.05, 0) is 54.3 Å². The number of nitrogens with zero attached hydrogens (tertiary/aromatic N) is 1. The molecule has 0 spiro atoms. The molecule has 1 aliphatic rings. The third kappa shape index (κ3) is 4.26. The zero-order chi connectivity index (χ0) is 23.8. The number of esters is 1. The minimum Gasteiger partial charge on any atom is -0.458 e. The molecular weight excluding hydrogens is 438 g/mol. The summed E-state index contributed by atoms with van der Waals surface area (Å²) >= 11 is 1.61. The lowest BCUT2D eigenvalue weighted by Gasteiger charge is -2.29. The molecule has 34 heavy (non-hydrogen) atoms. The van der Waals surface area contributed by atoms with E-state index >= 15 is 0 Å². The van der Waals surface area contributed by atoms with Crippen molar-refractivity contribution in [1.29, 1.82) is 0 Å². The monoisotopic (exact) mass is 465 g/mol. The maximum absolute atomic E-state index is 13.7. The molecule has 0 fully saturated rings. The van der Waals surface area contributed by atoms with Crippen molar-refractivity contribution in [2.45, 2.75) is 31.9 Å². The Hall–Kier alpha value is -3.37. The fourth-order valence-electron chi connectivity index (χ4n) is 4.27. The van der Waals surface area contributed by atoms with Crippen molar-refractivity contribution in [3.05, 3.63) is 108 Å². The largest absolute Gasteiger partial charge is 0.458 e. The number of hydrogen-bond donors (Lipinski definition) is 0. The number of benzene rings is 4. The standard InChI is InChI=1S/C30H27NO2S/c1-29(2,3)33-28(32)30(24-18-17-21-11-7-8-14-23(21)19-24)20-34-27(31-30)26-16-10-9-15-25(26)22-12-5-4-6-13-22/h4-19H,20H2,1-3H3/t30-/m0/s1. The molecule has 4 aromatic rings. The minimum atomic E-state index is -1.10. The number of carbonyl (C=O) groups is 1. The predicted octanol–water partition coefficient (Wildman–Crippen LogP) is 7.24. The number of ether oxygens (including phenoxy) is 1. The Morgan fingerprint density at radius 1 is 0.824 bits per heavy atom. The van der Waals surface area contributed by atoms with Crippen LogP contribution in [0.4, 0.5) is 0 Å². The van der Waals surface area contributed by atoms with Crippen molar-refractivity contribution in [3.63, 3.8) is 0 Å². The molecule has 0 N–H and O–H groups in total. The van der Waals surface area contributed by atoms with Crippen LogP contribution in [0, 0.1) is 0 Å². The van der Waals surface area contributed by atoms with E-state index in [1.165, 1.54) is 0 Å². The zero-order valence-corrected chi connectivity index (χ0v) is 20.4. The molecule has 3 nitrogen and oxygen atoms in total.